The van der Waals surface area contributed by atoms with Crippen LogP contribution in [0.4, 0.5) is 17.6 Å². The summed E-state index contributed by atoms with van der Waals surface area (Å²) in [6, 6.07) is 6.90. The Morgan fingerprint density at radius 2 is 1.50 bits per heavy atom. The summed E-state index contributed by atoms with van der Waals surface area (Å²) in [5.41, 5.74) is 1.46. The summed E-state index contributed by atoms with van der Waals surface area (Å²) >= 11 is 0. The van der Waals surface area contributed by atoms with Gasteiger partial charge in [-0.05, 0) is 11.1 Å². The molecule has 0 unspecified atom stereocenters. The van der Waals surface area contributed by atoms with E-state index in [0.717, 1.165) is 5.56 Å². The fourth-order valence-corrected chi connectivity index (χ4v) is 1.58. The van der Waals surface area contributed by atoms with Crippen molar-refractivity contribution in [2.45, 2.75) is 6.61 Å². The number of benzene rings is 2. The average Bonchev–Trinajstić information content (AvgIpc) is 2.46. The molecule has 0 saturated carbocycles. The molecule has 5 heteroatoms. The summed E-state index contributed by atoms with van der Waals surface area (Å²) in [5, 5.41) is 0. The van der Waals surface area contributed by atoms with Crippen LogP contribution in [-0.4, -0.2) is 0 Å². The number of halogens is 4. The average molecular weight is 282 g/mol. The van der Waals surface area contributed by atoms with Gasteiger partial charge in [0.05, 0.1) is 0 Å². The van der Waals surface area contributed by atoms with E-state index < -0.39 is 29.0 Å². The second-order valence-electron chi connectivity index (χ2n) is 4.03. The molecule has 0 radical (unpaired) electrons. The van der Waals surface area contributed by atoms with Crippen molar-refractivity contribution in [1.82, 2.24) is 0 Å². The van der Waals surface area contributed by atoms with Crippen LogP contribution in [0.3, 0.4) is 0 Å². The standard InChI is InChI=1S/C15H10F4O/c1-2-9-3-5-10(6-4-9)8-20-15-13(18)11(16)7-12(17)14(15)19/h2-7H,1,8H2. The molecular formula is C15H10F4O. The molecule has 0 spiro atoms. The van der Waals surface area contributed by atoms with Crippen LogP contribution in [0.15, 0.2) is 36.9 Å². The summed E-state index contributed by atoms with van der Waals surface area (Å²) in [6.07, 6.45) is 1.63. The van der Waals surface area contributed by atoms with Crippen molar-refractivity contribution in [1.29, 1.82) is 0 Å². The molecule has 0 atom stereocenters. The number of rotatable bonds is 4. The van der Waals surface area contributed by atoms with E-state index >= 15 is 0 Å². The molecule has 0 amide bonds. The first-order valence-corrected chi connectivity index (χ1v) is 5.70. The zero-order chi connectivity index (χ0) is 14.7. The molecule has 104 valence electrons. The normalized spacial score (nSPS) is 10.4. The minimum absolute atomic E-state index is 0.135. The third-order valence-corrected chi connectivity index (χ3v) is 2.67. The Bertz CT molecular complexity index is 609. The third-order valence-electron chi connectivity index (χ3n) is 2.67. The van der Waals surface area contributed by atoms with Gasteiger partial charge in [0.2, 0.25) is 11.6 Å². The molecule has 0 saturated heterocycles. The van der Waals surface area contributed by atoms with Crippen molar-refractivity contribution in [2.24, 2.45) is 0 Å². The molecule has 1 nitrogen and oxygen atoms in total. The van der Waals surface area contributed by atoms with Crippen LogP contribution in [0, 0.1) is 23.3 Å². The van der Waals surface area contributed by atoms with Crippen LogP contribution in [0.2, 0.25) is 0 Å². The van der Waals surface area contributed by atoms with Gasteiger partial charge in [0.15, 0.2) is 17.4 Å². The highest BCUT2D eigenvalue weighted by atomic mass is 19.2. The lowest BCUT2D eigenvalue weighted by Gasteiger charge is -2.09. The minimum Gasteiger partial charge on any atom is -0.483 e. The molecule has 0 fully saturated rings. The van der Waals surface area contributed by atoms with E-state index in [0.29, 0.717) is 5.56 Å². The molecule has 0 N–H and O–H groups in total. The van der Waals surface area contributed by atoms with Crippen molar-refractivity contribution in [3.63, 3.8) is 0 Å². The largest absolute Gasteiger partial charge is 0.483 e. The molecule has 20 heavy (non-hydrogen) atoms. The summed E-state index contributed by atoms with van der Waals surface area (Å²) in [6.45, 7) is 3.37. The highest BCUT2D eigenvalue weighted by molar-refractivity contribution is 5.47. The summed E-state index contributed by atoms with van der Waals surface area (Å²) in [5.74, 6) is -7.16. The van der Waals surface area contributed by atoms with Gasteiger partial charge in [0.1, 0.15) is 6.61 Å². The van der Waals surface area contributed by atoms with E-state index in [1.165, 1.54) is 0 Å². The minimum atomic E-state index is -1.55. The highest BCUT2D eigenvalue weighted by Gasteiger charge is 2.20. The first-order valence-electron chi connectivity index (χ1n) is 5.70. The van der Waals surface area contributed by atoms with Gasteiger partial charge in [0.25, 0.3) is 0 Å². The Morgan fingerprint density at radius 1 is 0.950 bits per heavy atom. The maximum atomic E-state index is 13.3. The summed E-state index contributed by atoms with van der Waals surface area (Å²) in [4.78, 5) is 0. The van der Waals surface area contributed by atoms with Gasteiger partial charge in [-0.1, -0.05) is 36.9 Å². The van der Waals surface area contributed by atoms with E-state index in [2.05, 4.69) is 6.58 Å². The van der Waals surface area contributed by atoms with Crippen LogP contribution in [-0.2, 0) is 6.61 Å². The highest BCUT2D eigenvalue weighted by Crippen LogP contribution is 2.27. The Hall–Kier alpha value is -2.30. The fraction of sp³-hybridized carbons (Fsp3) is 0.0667. The fourth-order valence-electron chi connectivity index (χ4n) is 1.58. The molecule has 2 rings (SSSR count). The maximum Gasteiger partial charge on any atom is 0.203 e. The number of hydrogen-bond acceptors (Lipinski definition) is 1. The molecule has 2 aromatic carbocycles. The van der Waals surface area contributed by atoms with Gasteiger partial charge >= 0.3 is 0 Å². The topological polar surface area (TPSA) is 9.23 Å². The summed E-state index contributed by atoms with van der Waals surface area (Å²) < 4.78 is 57.5. The Morgan fingerprint density at radius 3 is 2.00 bits per heavy atom. The van der Waals surface area contributed by atoms with E-state index in [1.54, 1.807) is 30.3 Å². The van der Waals surface area contributed by atoms with Gasteiger partial charge < -0.3 is 4.74 Å². The van der Waals surface area contributed by atoms with Crippen molar-refractivity contribution in [3.8, 4) is 5.75 Å². The van der Waals surface area contributed by atoms with E-state index in [9.17, 15) is 17.6 Å². The molecule has 0 bridgehead atoms. The maximum absolute atomic E-state index is 13.3. The zero-order valence-corrected chi connectivity index (χ0v) is 10.3. The predicted molar refractivity (Wildman–Crippen MR) is 67.1 cm³/mol. The molecule has 0 aliphatic carbocycles. The molecular weight excluding hydrogens is 272 g/mol. The number of ether oxygens (including phenoxy) is 1. The monoisotopic (exact) mass is 282 g/mol. The van der Waals surface area contributed by atoms with Crippen LogP contribution in [0.5, 0.6) is 5.75 Å². The smallest absolute Gasteiger partial charge is 0.203 e. The van der Waals surface area contributed by atoms with Crippen LogP contribution < -0.4 is 4.74 Å². The van der Waals surface area contributed by atoms with E-state index in [1.807, 2.05) is 0 Å². The van der Waals surface area contributed by atoms with Crippen molar-refractivity contribution < 1.29 is 22.3 Å². The SMILES string of the molecule is C=Cc1ccc(COc2c(F)c(F)cc(F)c2F)cc1. The molecule has 2 aromatic rings. The molecule has 0 aromatic heterocycles. The first-order chi connectivity index (χ1) is 9.52. The Labute approximate surface area is 113 Å². The van der Waals surface area contributed by atoms with Crippen LogP contribution in [0.1, 0.15) is 11.1 Å². The van der Waals surface area contributed by atoms with Crippen molar-refractivity contribution in [3.05, 3.63) is 71.3 Å². The van der Waals surface area contributed by atoms with Crippen molar-refractivity contribution >= 4 is 6.08 Å². The predicted octanol–water partition coefficient (Wildman–Crippen LogP) is 4.47. The molecule has 0 aliphatic heterocycles. The lowest BCUT2D eigenvalue weighted by Crippen LogP contribution is -2.03. The third kappa shape index (κ3) is 2.82. The van der Waals surface area contributed by atoms with E-state index in [-0.39, 0.29) is 12.7 Å². The lowest BCUT2D eigenvalue weighted by molar-refractivity contribution is 0.261. The first kappa shape index (κ1) is 14.1. The Balaban J connectivity index is 2.20. The van der Waals surface area contributed by atoms with Gasteiger partial charge in [-0.3, -0.25) is 0 Å². The van der Waals surface area contributed by atoms with Gasteiger partial charge in [0, 0.05) is 6.07 Å². The molecule has 0 aliphatic rings. The van der Waals surface area contributed by atoms with Crippen LogP contribution >= 0.6 is 0 Å². The van der Waals surface area contributed by atoms with Crippen molar-refractivity contribution in [2.75, 3.05) is 0 Å². The number of hydrogen-bond donors (Lipinski definition) is 0. The second kappa shape index (κ2) is 5.77. The quantitative estimate of drug-likeness (QED) is 0.594. The van der Waals surface area contributed by atoms with Gasteiger partial charge in [-0.2, -0.15) is 8.78 Å². The summed E-state index contributed by atoms with van der Waals surface area (Å²) in [7, 11) is 0. The van der Waals surface area contributed by atoms with Gasteiger partial charge in [-0.15, -0.1) is 0 Å². The zero-order valence-electron chi connectivity index (χ0n) is 10.3. The van der Waals surface area contributed by atoms with Gasteiger partial charge in [-0.25, -0.2) is 8.78 Å². The second-order valence-corrected chi connectivity index (χ2v) is 4.03. The molecule has 0 heterocycles. The van der Waals surface area contributed by atoms with E-state index in [4.69, 9.17) is 4.74 Å². The Kier molecular flexibility index (Phi) is 4.08. The van der Waals surface area contributed by atoms with Crippen LogP contribution in [0.25, 0.3) is 6.08 Å². The lowest BCUT2D eigenvalue weighted by atomic mass is 10.1.